The van der Waals surface area contributed by atoms with E-state index in [-0.39, 0.29) is 32.9 Å². The Bertz CT molecular complexity index is 637. The van der Waals surface area contributed by atoms with E-state index in [0.29, 0.717) is 0 Å². The molecule has 0 unspecified atom stereocenters. The molecular weight excluding hydrogens is 454 g/mol. The molecule has 0 aliphatic carbocycles. The summed E-state index contributed by atoms with van der Waals surface area (Å²) in [4.78, 5) is 0. The monoisotopic (exact) mass is 498 g/mol. The Morgan fingerprint density at radius 3 is 1.35 bits per heavy atom. The van der Waals surface area contributed by atoms with Gasteiger partial charge in [0.1, 0.15) is 0 Å². The molecular formula is C28H44FeP2-6. The fourth-order valence-electron chi connectivity index (χ4n) is 5.38. The number of hydrogen-bond acceptors (Lipinski definition) is 0. The van der Waals surface area contributed by atoms with Gasteiger partial charge in [-0.15, -0.1) is 13.2 Å². The molecule has 0 N–H and O–H groups in total. The van der Waals surface area contributed by atoms with Crippen LogP contribution in [0.2, 0.25) is 0 Å². The second-order valence-electron chi connectivity index (χ2n) is 10.8. The summed E-state index contributed by atoms with van der Waals surface area (Å²) in [5.41, 5.74) is 3.93. The largest absolute Gasteiger partial charge is 0.747 e. The van der Waals surface area contributed by atoms with Crippen molar-refractivity contribution in [2.75, 3.05) is 0 Å². The van der Waals surface area contributed by atoms with Crippen molar-refractivity contribution in [3.8, 4) is 0 Å². The van der Waals surface area contributed by atoms with E-state index in [0.717, 1.165) is 46.3 Å². The summed E-state index contributed by atoms with van der Waals surface area (Å²) in [5, 5.41) is 3.29. The van der Waals surface area contributed by atoms with Crippen molar-refractivity contribution in [3.05, 3.63) is 48.5 Å². The quantitative estimate of drug-likeness (QED) is 0.216. The predicted molar refractivity (Wildman–Crippen MR) is 141 cm³/mol. The molecule has 4 rings (SSSR count). The van der Waals surface area contributed by atoms with E-state index in [4.69, 9.17) is 0 Å². The molecule has 0 spiro atoms. The van der Waals surface area contributed by atoms with E-state index >= 15 is 0 Å². The zero-order chi connectivity index (χ0) is 22.0. The SMILES string of the molecule is CC(C)[C@@H]1C[C@@H](C(C)C)P1[c-]1[cH-][cH-][cH-][cH-]1.CC(C)[C@@H]1C[C@@H](C(C)C)P1[c-]1cccc1.[Fe]. The van der Waals surface area contributed by atoms with Crippen molar-refractivity contribution >= 4 is 26.5 Å². The maximum absolute atomic E-state index is 2.39. The van der Waals surface area contributed by atoms with E-state index in [9.17, 15) is 0 Å². The third-order valence-corrected chi connectivity index (χ3v) is 15.2. The first-order valence-electron chi connectivity index (χ1n) is 12.2. The molecule has 2 aliphatic heterocycles. The molecule has 2 fully saturated rings. The first-order valence-corrected chi connectivity index (χ1v) is 15.2. The average Bonchev–Trinajstić information content (AvgIpc) is 3.26. The van der Waals surface area contributed by atoms with Crippen LogP contribution in [0.3, 0.4) is 0 Å². The van der Waals surface area contributed by atoms with Crippen LogP contribution in [0.1, 0.15) is 68.2 Å². The van der Waals surface area contributed by atoms with Gasteiger partial charge in [0.15, 0.2) is 0 Å². The van der Waals surface area contributed by atoms with Crippen molar-refractivity contribution in [3.63, 3.8) is 0 Å². The van der Waals surface area contributed by atoms with Gasteiger partial charge in [0.25, 0.3) is 0 Å². The summed E-state index contributed by atoms with van der Waals surface area (Å²) < 4.78 is 0. The number of rotatable bonds is 6. The topological polar surface area (TPSA) is 0 Å². The molecule has 0 amide bonds. The van der Waals surface area contributed by atoms with Crippen molar-refractivity contribution in [1.82, 2.24) is 0 Å². The van der Waals surface area contributed by atoms with Crippen molar-refractivity contribution in [2.24, 2.45) is 23.7 Å². The molecule has 2 heterocycles. The Hall–Kier alpha value is 0.0795. The minimum absolute atomic E-state index is 0. The molecule has 3 heteroatoms. The molecule has 2 aliphatic rings. The summed E-state index contributed by atoms with van der Waals surface area (Å²) in [5.74, 6) is 3.45. The van der Waals surface area contributed by atoms with E-state index in [1.165, 1.54) is 12.8 Å². The third-order valence-electron chi connectivity index (χ3n) is 7.36. The predicted octanol–water partition coefficient (Wildman–Crippen LogP) is 7.93. The Labute approximate surface area is 206 Å². The van der Waals surface area contributed by atoms with Crippen LogP contribution in [0.4, 0.5) is 0 Å². The molecule has 31 heavy (non-hydrogen) atoms. The van der Waals surface area contributed by atoms with E-state index in [2.05, 4.69) is 104 Å². The maximum atomic E-state index is 2.39. The molecule has 4 atom stereocenters. The Morgan fingerprint density at radius 2 is 1.00 bits per heavy atom. The molecule has 2 saturated heterocycles. The first kappa shape index (κ1) is 27.3. The zero-order valence-electron chi connectivity index (χ0n) is 20.9. The van der Waals surface area contributed by atoms with Crippen LogP contribution < -0.4 is 10.6 Å². The van der Waals surface area contributed by atoms with Gasteiger partial charge in [0.05, 0.1) is 0 Å². The van der Waals surface area contributed by atoms with Crippen LogP contribution in [-0.2, 0) is 17.1 Å². The smallest absolute Gasteiger partial charge is 0 e. The Balaban J connectivity index is 0.000000213. The van der Waals surface area contributed by atoms with E-state index in [1.807, 2.05) is 0 Å². The summed E-state index contributed by atoms with van der Waals surface area (Å²) in [6.45, 7) is 19.1. The van der Waals surface area contributed by atoms with Gasteiger partial charge in [-0.1, -0.05) is 55.4 Å². The van der Waals surface area contributed by atoms with E-state index < -0.39 is 0 Å². The van der Waals surface area contributed by atoms with Gasteiger partial charge in [-0.05, 0) is 59.1 Å². The molecule has 0 radical (unpaired) electrons. The fourth-order valence-corrected chi connectivity index (χ4v) is 12.5. The van der Waals surface area contributed by atoms with Gasteiger partial charge in [-0.2, -0.15) is 12.1 Å². The van der Waals surface area contributed by atoms with Gasteiger partial charge >= 0.3 is 0 Å². The second-order valence-corrected chi connectivity index (χ2v) is 16.1. The summed E-state index contributed by atoms with van der Waals surface area (Å²) in [6.07, 6.45) is 2.93. The zero-order valence-corrected chi connectivity index (χ0v) is 23.8. The van der Waals surface area contributed by atoms with Gasteiger partial charge < -0.3 is 29.6 Å². The van der Waals surface area contributed by atoms with Gasteiger partial charge in [-0.25, -0.2) is 12.1 Å². The molecule has 2 aromatic rings. The second kappa shape index (κ2) is 12.0. The summed E-state index contributed by atoms with van der Waals surface area (Å²) in [7, 11) is 0.277. The Morgan fingerprint density at radius 1 is 0.645 bits per heavy atom. The van der Waals surface area contributed by atoms with Gasteiger partial charge in [0, 0.05) is 17.1 Å². The molecule has 0 saturated carbocycles. The molecule has 0 aromatic heterocycles. The van der Waals surface area contributed by atoms with Crippen LogP contribution in [0.15, 0.2) is 48.5 Å². The molecule has 180 valence electrons. The molecule has 2 aromatic carbocycles. The average molecular weight is 498 g/mol. The Kier molecular flexibility index (Phi) is 10.6. The van der Waals surface area contributed by atoms with Crippen molar-refractivity contribution < 1.29 is 17.1 Å². The van der Waals surface area contributed by atoms with E-state index in [1.54, 1.807) is 10.6 Å². The van der Waals surface area contributed by atoms with Crippen LogP contribution in [0.5, 0.6) is 0 Å². The van der Waals surface area contributed by atoms with Crippen molar-refractivity contribution in [2.45, 2.75) is 90.9 Å². The van der Waals surface area contributed by atoms with Crippen LogP contribution in [-0.4, -0.2) is 22.6 Å². The van der Waals surface area contributed by atoms with Crippen LogP contribution >= 0.6 is 15.8 Å². The van der Waals surface area contributed by atoms with Crippen LogP contribution in [0.25, 0.3) is 0 Å². The molecule has 0 nitrogen and oxygen atoms in total. The summed E-state index contributed by atoms with van der Waals surface area (Å²) in [6, 6.07) is 18.2. The van der Waals surface area contributed by atoms with Crippen LogP contribution in [0, 0.1) is 23.7 Å². The summed E-state index contributed by atoms with van der Waals surface area (Å²) >= 11 is 0. The third kappa shape index (κ3) is 6.15. The normalized spacial score (nSPS) is 26.5. The van der Waals surface area contributed by atoms with Gasteiger partial charge in [0.2, 0.25) is 0 Å². The van der Waals surface area contributed by atoms with Crippen molar-refractivity contribution in [1.29, 1.82) is 0 Å². The van der Waals surface area contributed by atoms with Gasteiger partial charge in [-0.3, -0.25) is 7.92 Å². The first-order chi connectivity index (χ1) is 14.2. The molecule has 0 bridgehead atoms. The minimum Gasteiger partial charge on any atom is -0.747 e. The fraction of sp³-hybridized carbons (Fsp3) is 0.643. The standard InChI is InChI=1S/2C14H22P.Fe/c2*1-10(2)13-9-14(11(3)4)15(13)12-7-5-6-8-12;/h2*5-8,10-11,13-14H,9H2,1-4H3;/q-5;-1;/t2*13-,14-;/m00./s1. The maximum Gasteiger partial charge on any atom is 0 e. The minimum atomic E-state index is 0. The number of hydrogen-bond donors (Lipinski definition) is 0.